The van der Waals surface area contributed by atoms with Gasteiger partial charge in [0.1, 0.15) is 16.5 Å². The van der Waals surface area contributed by atoms with E-state index in [9.17, 15) is 4.79 Å². The Morgan fingerprint density at radius 3 is 2.58 bits per heavy atom. The molecule has 0 saturated heterocycles. The summed E-state index contributed by atoms with van der Waals surface area (Å²) in [6.45, 7) is 0.452. The highest BCUT2D eigenvalue weighted by Crippen LogP contribution is 2.24. The fourth-order valence-corrected chi connectivity index (χ4v) is 2.71. The summed E-state index contributed by atoms with van der Waals surface area (Å²) in [6.07, 6.45) is 0.586. The zero-order valence-corrected chi connectivity index (χ0v) is 13.6. The Hall–Kier alpha value is -2.93. The number of amides is 1. The second kappa shape index (κ2) is 7.56. The topological polar surface area (TPSA) is 90.1 Å². The SMILES string of the molecule is Nc1nnc(CCNC(=O)c2ccccc2Oc2ccccc2)s1. The van der Waals surface area contributed by atoms with Crippen LogP contribution in [-0.4, -0.2) is 22.6 Å². The summed E-state index contributed by atoms with van der Waals surface area (Å²) < 4.78 is 5.80. The third-order valence-corrected chi connectivity index (χ3v) is 4.02. The van der Waals surface area contributed by atoms with Crippen molar-refractivity contribution in [1.82, 2.24) is 15.5 Å². The van der Waals surface area contributed by atoms with E-state index < -0.39 is 0 Å². The monoisotopic (exact) mass is 340 g/mol. The van der Waals surface area contributed by atoms with Crippen molar-refractivity contribution >= 4 is 22.4 Å². The van der Waals surface area contributed by atoms with Crippen molar-refractivity contribution in [3.05, 3.63) is 65.2 Å². The lowest BCUT2D eigenvalue weighted by atomic mass is 10.2. The molecule has 1 amide bonds. The van der Waals surface area contributed by atoms with E-state index in [2.05, 4.69) is 15.5 Å². The van der Waals surface area contributed by atoms with Crippen molar-refractivity contribution in [3.8, 4) is 11.5 Å². The number of ether oxygens (including phenoxy) is 1. The molecule has 0 aliphatic carbocycles. The van der Waals surface area contributed by atoms with Gasteiger partial charge in [0.15, 0.2) is 0 Å². The van der Waals surface area contributed by atoms with Crippen LogP contribution in [-0.2, 0) is 6.42 Å². The molecule has 0 aliphatic rings. The maximum Gasteiger partial charge on any atom is 0.255 e. The highest BCUT2D eigenvalue weighted by Gasteiger charge is 2.12. The highest BCUT2D eigenvalue weighted by molar-refractivity contribution is 7.15. The second-order valence-electron chi connectivity index (χ2n) is 4.95. The van der Waals surface area contributed by atoms with Gasteiger partial charge in [-0.05, 0) is 24.3 Å². The average Bonchev–Trinajstić information content (AvgIpc) is 3.01. The van der Waals surface area contributed by atoms with Crippen LogP contribution in [0.4, 0.5) is 5.13 Å². The number of carbonyl (C=O) groups is 1. The molecule has 0 atom stereocenters. The van der Waals surface area contributed by atoms with E-state index in [1.807, 2.05) is 36.4 Å². The van der Waals surface area contributed by atoms with E-state index in [-0.39, 0.29) is 5.91 Å². The van der Waals surface area contributed by atoms with E-state index in [4.69, 9.17) is 10.5 Å². The Kier molecular flexibility index (Phi) is 5.02. The molecule has 3 rings (SSSR count). The third-order valence-electron chi connectivity index (χ3n) is 3.21. The van der Waals surface area contributed by atoms with E-state index in [1.165, 1.54) is 11.3 Å². The number of nitrogens with one attached hydrogen (secondary N) is 1. The molecule has 3 N–H and O–H groups in total. The van der Waals surface area contributed by atoms with E-state index >= 15 is 0 Å². The Morgan fingerprint density at radius 1 is 1.08 bits per heavy atom. The summed E-state index contributed by atoms with van der Waals surface area (Å²) in [5.74, 6) is 1.00. The summed E-state index contributed by atoms with van der Waals surface area (Å²) in [4.78, 5) is 12.4. The van der Waals surface area contributed by atoms with Crippen LogP contribution in [0.2, 0.25) is 0 Å². The van der Waals surface area contributed by atoms with Gasteiger partial charge in [0, 0.05) is 13.0 Å². The number of aromatic nitrogens is 2. The molecule has 1 aromatic heterocycles. The lowest BCUT2D eigenvalue weighted by Crippen LogP contribution is -2.26. The van der Waals surface area contributed by atoms with Gasteiger partial charge < -0.3 is 15.8 Å². The molecule has 0 bridgehead atoms. The highest BCUT2D eigenvalue weighted by atomic mass is 32.1. The van der Waals surface area contributed by atoms with Gasteiger partial charge in [-0.15, -0.1) is 10.2 Å². The number of benzene rings is 2. The molecule has 122 valence electrons. The van der Waals surface area contributed by atoms with Crippen LogP contribution in [0.25, 0.3) is 0 Å². The number of nitrogens with two attached hydrogens (primary N) is 1. The molecule has 6 nitrogen and oxygen atoms in total. The zero-order chi connectivity index (χ0) is 16.8. The largest absolute Gasteiger partial charge is 0.457 e. The quantitative estimate of drug-likeness (QED) is 0.720. The van der Waals surface area contributed by atoms with Gasteiger partial charge in [0.2, 0.25) is 5.13 Å². The molecule has 24 heavy (non-hydrogen) atoms. The van der Waals surface area contributed by atoms with Crippen molar-refractivity contribution in [2.24, 2.45) is 0 Å². The molecule has 3 aromatic rings. The molecule has 7 heteroatoms. The van der Waals surface area contributed by atoms with Gasteiger partial charge >= 0.3 is 0 Å². The van der Waals surface area contributed by atoms with Crippen molar-refractivity contribution in [2.45, 2.75) is 6.42 Å². The maximum atomic E-state index is 12.4. The molecule has 0 fully saturated rings. The molecule has 2 aromatic carbocycles. The predicted octanol–water partition coefficient (Wildman–Crippen LogP) is 2.89. The first kappa shape index (κ1) is 15.9. The zero-order valence-electron chi connectivity index (χ0n) is 12.8. The van der Waals surface area contributed by atoms with Gasteiger partial charge in [-0.2, -0.15) is 0 Å². The van der Waals surface area contributed by atoms with Crippen LogP contribution in [0.3, 0.4) is 0 Å². The summed E-state index contributed by atoms with van der Waals surface area (Å²) in [5, 5.41) is 11.8. The summed E-state index contributed by atoms with van der Waals surface area (Å²) in [7, 11) is 0. The van der Waals surface area contributed by atoms with Gasteiger partial charge in [-0.25, -0.2) is 0 Å². The first-order valence-corrected chi connectivity index (χ1v) is 8.22. The first-order chi connectivity index (χ1) is 11.7. The standard InChI is InChI=1S/C17H16N4O2S/c18-17-21-20-15(24-17)10-11-19-16(22)13-8-4-5-9-14(13)23-12-6-2-1-3-7-12/h1-9H,10-11H2,(H2,18,21)(H,19,22). The smallest absolute Gasteiger partial charge is 0.255 e. The first-order valence-electron chi connectivity index (χ1n) is 7.40. The summed E-state index contributed by atoms with van der Waals surface area (Å²) >= 11 is 1.32. The minimum atomic E-state index is -0.195. The minimum Gasteiger partial charge on any atom is -0.457 e. The van der Waals surface area contributed by atoms with Crippen molar-refractivity contribution in [2.75, 3.05) is 12.3 Å². The Balaban J connectivity index is 1.64. The average molecular weight is 340 g/mol. The number of nitrogen functional groups attached to an aromatic ring is 1. The molecule has 1 heterocycles. The Morgan fingerprint density at radius 2 is 1.83 bits per heavy atom. The van der Waals surface area contributed by atoms with Crippen LogP contribution in [0.1, 0.15) is 15.4 Å². The third kappa shape index (κ3) is 4.08. The Labute approximate surface area is 143 Å². The maximum absolute atomic E-state index is 12.4. The number of hydrogen-bond acceptors (Lipinski definition) is 6. The molecule has 0 radical (unpaired) electrons. The fourth-order valence-electron chi connectivity index (χ4n) is 2.10. The van der Waals surface area contributed by atoms with E-state index in [0.717, 1.165) is 5.01 Å². The molecule has 0 spiro atoms. The molecular formula is C17H16N4O2S. The number of nitrogens with zero attached hydrogens (tertiary/aromatic N) is 2. The van der Waals surface area contributed by atoms with E-state index in [1.54, 1.807) is 18.2 Å². The van der Waals surface area contributed by atoms with Crippen LogP contribution >= 0.6 is 11.3 Å². The molecule has 0 unspecified atom stereocenters. The second-order valence-corrected chi connectivity index (χ2v) is 6.04. The van der Waals surface area contributed by atoms with Crippen molar-refractivity contribution in [1.29, 1.82) is 0 Å². The van der Waals surface area contributed by atoms with Crippen LogP contribution in [0.5, 0.6) is 11.5 Å². The van der Waals surface area contributed by atoms with Gasteiger partial charge in [0.25, 0.3) is 5.91 Å². The summed E-state index contributed by atoms with van der Waals surface area (Å²) in [5.41, 5.74) is 6.02. The summed E-state index contributed by atoms with van der Waals surface area (Å²) in [6, 6.07) is 16.5. The van der Waals surface area contributed by atoms with Gasteiger partial charge in [-0.1, -0.05) is 41.7 Å². The Bertz CT molecular complexity index is 820. The molecule has 0 aliphatic heterocycles. The number of para-hydroxylation sites is 2. The fraction of sp³-hybridized carbons (Fsp3) is 0.118. The number of carbonyl (C=O) groups excluding carboxylic acids is 1. The van der Waals surface area contributed by atoms with Crippen molar-refractivity contribution < 1.29 is 9.53 Å². The van der Waals surface area contributed by atoms with Gasteiger partial charge in [-0.3, -0.25) is 4.79 Å². The predicted molar refractivity (Wildman–Crippen MR) is 93.3 cm³/mol. The lowest BCUT2D eigenvalue weighted by Gasteiger charge is -2.11. The number of hydrogen-bond donors (Lipinski definition) is 2. The van der Waals surface area contributed by atoms with Crippen LogP contribution in [0.15, 0.2) is 54.6 Å². The minimum absolute atomic E-state index is 0.195. The van der Waals surface area contributed by atoms with E-state index in [0.29, 0.717) is 35.2 Å². The molecule has 0 saturated carbocycles. The molecular weight excluding hydrogens is 324 g/mol. The van der Waals surface area contributed by atoms with Crippen molar-refractivity contribution in [3.63, 3.8) is 0 Å². The van der Waals surface area contributed by atoms with Crippen LogP contribution < -0.4 is 15.8 Å². The number of rotatable bonds is 6. The normalized spacial score (nSPS) is 10.3. The van der Waals surface area contributed by atoms with Crippen LogP contribution in [0, 0.1) is 0 Å². The lowest BCUT2D eigenvalue weighted by molar-refractivity contribution is 0.0952. The van der Waals surface area contributed by atoms with Gasteiger partial charge in [0.05, 0.1) is 5.56 Å². The number of anilines is 1.